The van der Waals surface area contributed by atoms with Crippen molar-refractivity contribution in [2.75, 3.05) is 0 Å². The summed E-state index contributed by atoms with van der Waals surface area (Å²) in [6, 6.07) is 6.98. The van der Waals surface area contributed by atoms with Crippen LogP contribution in [0, 0.1) is 13.8 Å². The predicted octanol–water partition coefficient (Wildman–Crippen LogP) is 3.39. The Hall–Kier alpha value is -2.47. The van der Waals surface area contributed by atoms with Crippen LogP contribution in [-0.2, 0) is 4.79 Å². The van der Waals surface area contributed by atoms with Gasteiger partial charge in [-0.2, -0.15) is 0 Å². The van der Waals surface area contributed by atoms with E-state index in [2.05, 4.69) is 4.98 Å². The van der Waals surface area contributed by atoms with Gasteiger partial charge in [0.25, 0.3) is 5.56 Å². The van der Waals surface area contributed by atoms with Crippen LogP contribution in [0.4, 0.5) is 0 Å². The van der Waals surface area contributed by atoms with Crippen molar-refractivity contribution in [2.24, 2.45) is 0 Å². The van der Waals surface area contributed by atoms with Gasteiger partial charge in [0.05, 0.1) is 11.7 Å². The topological polar surface area (TPSA) is 72.2 Å². The van der Waals surface area contributed by atoms with Gasteiger partial charge in [-0.1, -0.05) is 29.8 Å². The van der Waals surface area contributed by atoms with E-state index in [0.29, 0.717) is 10.2 Å². The first-order valence-corrected chi connectivity index (χ1v) is 8.02. The number of carbonyl (C=O) groups is 1. The van der Waals surface area contributed by atoms with Crippen LogP contribution in [0.5, 0.6) is 0 Å². The molecule has 2 heterocycles. The highest BCUT2D eigenvalue weighted by molar-refractivity contribution is 7.19. The monoisotopic (exact) mass is 328 g/mol. The molecule has 1 unspecified atom stereocenters. The number of nitrogens with zero attached hydrogens (tertiary/aromatic N) is 2. The summed E-state index contributed by atoms with van der Waals surface area (Å²) in [7, 11) is 0. The average molecular weight is 328 g/mol. The normalized spacial score (nSPS) is 12.5. The lowest BCUT2D eigenvalue weighted by Crippen LogP contribution is -2.28. The Bertz CT molecular complexity index is 954. The summed E-state index contributed by atoms with van der Waals surface area (Å²) in [6.07, 6.45) is 1.32. The van der Waals surface area contributed by atoms with Crippen molar-refractivity contribution in [2.45, 2.75) is 26.8 Å². The standard InChI is InChI=1S/C17H16N2O3S/c1-9-4-6-12(7-5-9)13-11(3)23-15-14(13)16(20)19(8-18-15)10(2)17(21)22/h4-8,10H,1-3H3,(H,21,22). The van der Waals surface area contributed by atoms with E-state index in [-0.39, 0.29) is 5.56 Å². The first kappa shape index (κ1) is 15.4. The van der Waals surface area contributed by atoms with Crippen LogP contribution in [0.1, 0.15) is 23.4 Å². The summed E-state index contributed by atoms with van der Waals surface area (Å²) < 4.78 is 1.18. The molecule has 0 aliphatic carbocycles. The fourth-order valence-electron chi connectivity index (χ4n) is 2.58. The number of thiophene rings is 1. The van der Waals surface area contributed by atoms with Gasteiger partial charge in [-0.25, -0.2) is 9.78 Å². The fourth-order valence-corrected chi connectivity index (χ4v) is 3.58. The molecule has 0 saturated carbocycles. The van der Waals surface area contributed by atoms with Crippen molar-refractivity contribution in [3.8, 4) is 11.1 Å². The Labute approximate surface area is 136 Å². The first-order valence-electron chi connectivity index (χ1n) is 7.20. The molecule has 1 atom stereocenters. The highest BCUT2D eigenvalue weighted by atomic mass is 32.1. The lowest BCUT2D eigenvalue weighted by Gasteiger charge is -2.10. The minimum absolute atomic E-state index is 0.315. The molecule has 0 bridgehead atoms. The molecule has 118 valence electrons. The summed E-state index contributed by atoms with van der Waals surface area (Å²) >= 11 is 1.45. The predicted molar refractivity (Wildman–Crippen MR) is 91.1 cm³/mol. The SMILES string of the molecule is Cc1ccc(-c2c(C)sc3ncn(C(C)C(=O)O)c(=O)c23)cc1. The molecule has 6 heteroatoms. The van der Waals surface area contributed by atoms with Gasteiger partial charge in [-0.3, -0.25) is 9.36 Å². The minimum atomic E-state index is -1.06. The van der Waals surface area contributed by atoms with Crippen LogP contribution in [0.3, 0.4) is 0 Å². The molecule has 0 radical (unpaired) electrons. The molecule has 23 heavy (non-hydrogen) atoms. The quantitative estimate of drug-likeness (QED) is 0.800. The van der Waals surface area contributed by atoms with E-state index in [1.54, 1.807) is 0 Å². The number of fused-ring (bicyclic) bond motifs is 1. The molecule has 2 aromatic heterocycles. The largest absolute Gasteiger partial charge is 0.480 e. The van der Waals surface area contributed by atoms with Gasteiger partial charge in [-0.05, 0) is 26.3 Å². The molecule has 0 aliphatic heterocycles. The Morgan fingerprint density at radius 1 is 1.26 bits per heavy atom. The molecule has 0 amide bonds. The second kappa shape index (κ2) is 5.62. The second-order valence-electron chi connectivity index (χ2n) is 5.55. The van der Waals surface area contributed by atoms with Crippen molar-refractivity contribution in [1.29, 1.82) is 0 Å². The van der Waals surface area contributed by atoms with Crippen molar-refractivity contribution < 1.29 is 9.90 Å². The number of carboxylic acid groups (broad SMARTS) is 1. The number of aromatic nitrogens is 2. The number of aryl methyl sites for hydroxylation is 2. The van der Waals surface area contributed by atoms with Crippen molar-refractivity contribution in [3.05, 3.63) is 51.4 Å². The van der Waals surface area contributed by atoms with Gasteiger partial charge < -0.3 is 5.11 Å². The molecular formula is C17H16N2O3S. The van der Waals surface area contributed by atoms with Gasteiger partial charge in [0, 0.05) is 10.4 Å². The minimum Gasteiger partial charge on any atom is -0.480 e. The van der Waals surface area contributed by atoms with Gasteiger partial charge in [0.15, 0.2) is 0 Å². The summed E-state index contributed by atoms with van der Waals surface area (Å²) in [5, 5.41) is 9.66. The Morgan fingerprint density at radius 2 is 1.91 bits per heavy atom. The van der Waals surface area contributed by atoms with E-state index in [1.807, 2.05) is 38.1 Å². The maximum atomic E-state index is 12.8. The van der Waals surface area contributed by atoms with Gasteiger partial charge in [0.1, 0.15) is 10.9 Å². The van der Waals surface area contributed by atoms with Crippen LogP contribution in [0.25, 0.3) is 21.3 Å². The number of benzene rings is 1. The first-order chi connectivity index (χ1) is 10.9. The van der Waals surface area contributed by atoms with Gasteiger partial charge in [0.2, 0.25) is 0 Å². The Balaban J connectivity index is 2.32. The molecule has 0 aliphatic rings. The average Bonchev–Trinajstić information content (AvgIpc) is 2.85. The molecule has 0 saturated heterocycles. The molecular weight excluding hydrogens is 312 g/mol. The molecule has 1 N–H and O–H groups in total. The molecule has 0 fully saturated rings. The maximum Gasteiger partial charge on any atom is 0.326 e. The molecule has 0 spiro atoms. The van der Waals surface area contributed by atoms with E-state index in [0.717, 1.165) is 21.6 Å². The third-order valence-electron chi connectivity index (χ3n) is 3.93. The van der Waals surface area contributed by atoms with Crippen molar-refractivity contribution in [1.82, 2.24) is 9.55 Å². The molecule has 1 aromatic carbocycles. The van der Waals surface area contributed by atoms with Crippen LogP contribution in [-0.4, -0.2) is 20.6 Å². The summed E-state index contributed by atoms with van der Waals surface area (Å²) in [5.41, 5.74) is 2.61. The summed E-state index contributed by atoms with van der Waals surface area (Å²) in [5.74, 6) is -1.06. The van der Waals surface area contributed by atoms with Crippen LogP contribution < -0.4 is 5.56 Å². The van der Waals surface area contributed by atoms with E-state index in [1.165, 1.54) is 29.2 Å². The number of rotatable bonds is 3. The zero-order chi connectivity index (χ0) is 16.7. The summed E-state index contributed by atoms with van der Waals surface area (Å²) in [4.78, 5) is 29.9. The van der Waals surface area contributed by atoms with Crippen molar-refractivity contribution in [3.63, 3.8) is 0 Å². The van der Waals surface area contributed by atoms with E-state index < -0.39 is 12.0 Å². The fraction of sp³-hybridized carbons (Fsp3) is 0.235. The second-order valence-corrected chi connectivity index (χ2v) is 6.75. The molecule has 3 rings (SSSR count). The van der Waals surface area contributed by atoms with E-state index in [4.69, 9.17) is 5.11 Å². The summed E-state index contributed by atoms with van der Waals surface area (Å²) in [6.45, 7) is 5.43. The van der Waals surface area contributed by atoms with Crippen LogP contribution in [0.15, 0.2) is 35.4 Å². The number of hydrogen-bond donors (Lipinski definition) is 1. The number of carboxylic acids is 1. The Morgan fingerprint density at radius 3 is 2.52 bits per heavy atom. The Kier molecular flexibility index (Phi) is 3.77. The van der Waals surface area contributed by atoms with Gasteiger partial charge in [-0.15, -0.1) is 11.3 Å². The van der Waals surface area contributed by atoms with Crippen molar-refractivity contribution >= 4 is 27.5 Å². The lowest BCUT2D eigenvalue weighted by atomic mass is 10.0. The third-order valence-corrected chi connectivity index (χ3v) is 4.94. The third kappa shape index (κ3) is 2.55. The molecule has 3 aromatic rings. The number of hydrogen-bond acceptors (Lipinski definition) is 4. The number of aliphatic carboxylic acids is 1. The van der Waals surface area contributed by atoms with Gasteiger partial charge >= 0.3 is 5.97 Å². The van der Waals surface area contributed by atoms with E-state index >= 15 is 0 Å². The maximum absolute atomic E-state index is 12.8. The zero-order valence-electron chi connectivity index (χ0n) is 13.0. The highest BCUT2D eigenvalue weighted by Crippen LogP contribution is 2.35. The smallest absolute Gasteiger partial charge is 0.326 e. The van der Waals surface area contributed by atoms with Crippen LogP contribution >= 0.6 is 11.3 Å². The highest BCUT2D eigenvalue weighted by Gasteiger charge is 2.21. The molecule has 5 nitrogen and oxygen atoms in total. The zero-order valence-corrected chi connectivity index (χ0v) is 13.8. The van der Waals surface area contributed by atoms with Crippen LogP contribution in [0.2, 0.25) is 0 Å². The van der Waals surface area contributed by atoms with E-state index in [9.17, 15) is 9.59 Å². The lowest BCUT2D eigenvalue weighted by molar-refractivity contribution is -0.140.